The highest BCUT2D eigenvalue weighted by atomic mass is 32.2. The van der Waals surface area contributed by atoms with Crippen molar-refractivity contribution in [1.82, 2.24) is 14.8 Å². The van der Waals surface area contributed by atoms with Gasteiger partial charge in [-0.15, -0.1) is 5.10 Å². The van der Waals surface area contributed by atoms with Crippen LogP contribution in [0.3, 0.4) is 0 Å². The minimum absolute atomic E-state index is 0.0220. The molecular formula is C22H22N6O5S. The molecule has 1 aliphatic heterocycles. The summed E-state index contributed by atoms with van der Waals surface area (Å²) >= 11 is 0. The van der Waals surface area contributed by atoms with Crippen LogP contribution in [0, 0.1) is 0 Å². The number of ether oxygens (including phenoxy) is 1. The van der Waals surface area contributed by atoms with E-state index < -0.39 is 15.8 Å². The van der Waals surface area contributed by atoms with Crippen molar-refractivity contribution in [3.8, 4) is 0 Å². The lowest BCUT2D eigenvalue weighted by atomic mass is 10.3. The van der Waals surface area contributed by atoms with Gasteiger partial charge in [-0.25, -0.2) is 13.2 Å². The third-order valence-corrected chi connectivity index (χ3v) is 6.88. The normalized spacial score (nSPS) is 14.3. The molecule has 5 rings (SSSR count). The molecule has 34 heavy (non-hydrogen) atoms. The first-order chi connectivity index (χ1) is 16.4. The highest BCUT2D eigenvalue weighted by Crippen LogP contribution is 2.24. The molecule has 0 spiro atoms. The van der Waals surface area contributed by atoms with Crippen LogP contribution in [0.15, 0.2) is 68.8 Å². The van der Waals surface area contributed by atoms with Crippen LogP contribution in [0.4, 0.5) is 22.9 Å². The van der Waals surface area contributed by atoms with E-state index in [0.717, 1.165) is 24.5 Å². The minimum atomic E-state index is -3.87. The van der Waals surface area contributed by atoms with Crippen LogP contribution in [0.1, 0.15) is 0 Å². The molecule has 1 saturated heterocycles. The smallest absolute Gasteiger partial charge is 0.408 e. The molecule has 0 bridgehead atoms. The standard InChI is InChI=1S/C22H22N6O5S/c1-27-19-13-18(6-7-20(19)33-22(27)29)34(30,31)26-16-4-2-15(3-5-16)24-21-12-17(14-23-25-21)28-8-10-32-11-9-28/h2-7,12-14,26H,8-11H2,1H3,(H,24,25). The van der Waals surface area contributed by atoms with Gasteiger partial charge in [-0.05, 0) is 42.5 Å². The Hall–Kier alpha value is -3.90. The molecule has 0 amide bonds. The first-order valence-corrected chi connectivity index (χ1v) is 12.0. The van der Waals surface area contributed by atoms with Crippen LogP contribution >= 0.6 is 0 Å². The summed E-state index contributed by atoms with van der Waals surface area (Å²) in [5, 5.41) is 11.4. The van der Waals surface area contributed by atoms with Gasteiger partial charge in [0, 0.05) is 37.6 Å². The fourth-order valence-electron chi connectivity index (χ4n) is 3.67. The fraction of sp³-hybridized carbons (Fsp3) is 0.227. The Kier molecular flexibility index (Phi) is 5.67. The van der Waals surface area contributed by atoms with Crippen molar-refractivity contribution in [2.75, 3.05) is 41.2 Å². The van der Waals surface area contributed by atoms with Gasteiger partial charge in [0.15, 0.2) is 11.4 Å². The van der Waals surface area contributed by atoms with Crippen molar-refractivity contribution in [2.24, 2.45) is 7.05 Å². The first-order valence-electron chi connectivity index (χ1n) is 10.5. The van der Waals surface area contributed by atoms with Gasteiger partial charge in [-0.3, -0.25) is 9.29 Å². The molecule has 1 aliphatic rings. The van der Waals surface area contributed by atoms with Gasteiger partial charge in [0.25, 0.3) is 10.0 Å². The number of anilines is 4. The number of aromatic nitrogens is 3. The number of nitrogens with zero attached hydrogens (tertiary/aromatic N) is 4. The van der Waals surface area contributed by atoms with Crippen LogP contribution in [0.5, 0.6) is 0 Å². The van der Waals surface area contributed by atoms with Gasteiger partial charge in [-0.2, -0.15) is 5.10 Å². The van der Waals surface area contributed by atoms with E-state index in [4.69, 9.17) is 9.15 Å². The monoisotopic (exact) mass is 482 g/mol. The molecule has 12 heteroatoms. The average Bonchev–Trinajstić information content (AvgIpc) is 3.14. The summed E-state index contributed by atoms with van der Waals surface area (Å²) in [5.41, 5.74) is 2.79. The van der Waals surface area contributed by atoms with Crippen LogP contribution in [-0.4, -0.2) is 49.5 Å². The molecule has 0 aliphatic carbocycles. The highest BCUT2D eigenvalue weighted by molar-refractivity contribution is 7.92. The SMILES string of the molecule is Cn1c(=O)oc2ccc(S(=O)(=O)Nc3ccc(Nc4cc(N5CCOCC5)cnn4)cc3)cc21. The predicted molar refractivity (Wildman–Crippen MR) is 127 cm³/mol. The maximum atomic E-state index is 12.9. The molecule has 11 nitrogen and oxygen atoms in total. The number of rotatable bonds is 6. The minimum Gasteiger partial charge on any atom is -0.408 e. The van der Waals surface area contributed by atoms with E-state index in [-0.39, 0.29) is 4.90 Å². The zero-order valence-corrected chi connectivity index (χ0v) is 19.1. The second-order valence-corrected chi connectivity index (χ2v) is 9.45. The van der Waals surface area contributed by atoms with E-state index in [1.54, 1.807) is 30.5 Å². The number of sulfonamides is 1. The van der Waals surface area contributed by atoms with Gasteiger partial charge in [-0.1, -0.05) is 0 Å². The Morgan fingerprint density at radius 3 is 2.50 bits per heavy atom. The van der Waals surface area contributed by atoms with Crippen molar-refractivity contribution in [2.45, 2.75) is 4.90 Å². The Balaban J connectivity index is 1.30. The summed E-state index contributed by atoms with van der Waals surface area (Å²) in [6.07, 6.45) is 1.72. The maximum Gasteiger partial charge on any atom is 0.419 e. The number of hydrogen-bond donors (Lipinski definition) is 2. The quantitative estimate of drug-likeness (QED) is 0.425. The Morgan fingerprint density at radius 2 is 1.74 bits per heavy atom. The third-order valence-electron chi connectivity index (χ3n) is 5.50. The zero-order chi connectivity index (χ0) is 23.7. The molecule has 1 fully saturated rings. The number of morpholine rings is 1. The maximum absolute atomic E-state index is 12.9. The molecule has 2 aromatic heterocycles. The van der Waals surface area contributed by atoms with Gasteiger partial charge in [0.05, 0.1) is 35.5 Å². The molecule has 176 valence electrons. The summed E-state index contributed by atoms with van der Waals surface area (Å²) in [5.74, 6) is 0.0251. The molecule has 2 aromatic carbocycles. The topological polar surface area (TPSA) is 132 Å². The molecule has 3 heterocycles. The number of benzene rings is 2. The molecule has 0 radical (unpaired) electrons. The largest absolute Gasteiger partial charge is 0.419 e. The van der Waals surface area contributed by atoms with E-state index >= 15 is 0 Å². The van der Waals surface area contributed by atoms with E-state index in [9.17, 15) is 13.2 Å². The summed E-state index contributed by atoms with van der Waals surface area (Å²) < 4.78 is 39.9. The second kappa shape index (κ2) is 8.80. The van der Waals surface area contributed by atoms with Gasteiger partial charge in [0.2, 0.25) is 0 Å². The second-order valence-electron chi connectivity index (χ2n) is 7.76. The lowest BCUT2D eigenvalue weighted by Gasteiger charge is -2.28. The predicted octanol–water partition coefficient (Wildman–Crippen LogP) is 2.30. The first kappa shape index (κ1) is 21.9. The van der Waals surface area contributed by atoms with Crippen LogP contribution in [0.25, 0.3) is 11.1 Å². The number of hydrogen-bond acceptors (Lipinski definition) is 9. The van der Waals surface area contributed by atoms with Crippen molar-refractivity contribution >= 4 is 44.0 Å². The molecule has 0 saturated carbocycles. The van der Waals surface area contributed by atoms with Gasteiger partial charge in [0.1, 0.15) is 0 Å². The van der Waals surface area contributed by atoms with E-state index in [2.05, 4.69) is 25.1 Å². The molecular weight excluding hydrogens is 460 g/mol. The van der Waals surface area contributed by atoms with Crippen molar-refractivity contribution < 1.29 is 17.6 Å². The molecule has 0 atom stereocenters. The van der Waals surface area contributed by atoms with E-state index in [1.165, 1.54) is 29.8 Å². The van der Waals surface area contributed by atoms with Crippen molar-refractivity contribution in [3.63, 3.8) is 0 Å². The number of fused-ring (bicyclic) bond motifs is 1. The highest BCUT2D eigenvalue weighted by Gasteiger charge is 2.17. The summed E-state index contributed by atoms with van der Waals surface area (Å²) in [4.78, 5) is 13.9. The van der Waals surface area contributed by atoms with E-state index in [0.29, 0.717) is 35.8 Å². The third kappa shape index (κ3) is 4.45. The van der Waals surface area contributed by atoms with Crippen LogP contribution in [0.2, 0.25) is 0 Å². The van der Waals surface area contributed by atoms with Crippen LogP contribution in [-0.2, 0) is 21.8 Å². The summed E-state index contributed by atoms with van der Waals surface area (Å²) in [6, 6.07) is 12.9. The summed E-state index contributed by atoms with van der Waals surface area (Å²) in [7, 11) is -2.35. The van der Waals surface area contributed by atoms with Crippen molar-refractivity contribution in [3.05, 3.63) is 65.3 Å². The lowest BCUT2D eigenvalue weighted by molar-refractivity contribution is 0.122. The number of oxazole rings is 1. The Bertz CT molecular complexity index is 1490. The Morgan fingerprint density at radius 1 is 1.00 bits per heavy atom. The Labute approximate surface area is 195 Å². The van der Waals surface area contributed by atoms with Crippen molar-refractivity contribution in [1.29, 1.82) is 0 Å². The average molecular weight is 483 g/mol. The fourth-order valence-corrected chi connectivity index (χ4v) is 4.75. The number of aryl methyl sites for hydroxylation is 1. The lowest BCUT2D eigenvalue weighted by Crippen LogP contribution is -2.36. The molecule has 0 unspecified atom stereocenters. The van der Waals surface area contributed by atoms with Gasteiger partial charge < -0.3 is 19.4 Å². The summed E-state index contributed by atoms with van der Waals surface area (Å²) in [6.45, 7) is 2.95. The number of nitrogens with one attached hydrogen (secondary N) is 2. The van der Waals surface area contributed by atoms with E-state index in [1.807, 2.05) is 6.07 Å². The van der Waals surface area contributed by atoms with Gasteiger partial charge >= 0.3 is 5.76 Å². The van der Waals surface area contributed by atoms with Crippen LogP contribution < -0.4 is 20.7 Å². The molecule has 2 N–H and O–H groups in total. The zero-order valence-electron chi connectivity index (χ0n) is 18.3. The molecule has 4 aromatic rings.